The van der Waals surface area contributed by atoms with Crippen LogP contribution < -0.4 is 9.63 Å². The van der Waals surface area contributed by atoms with Crippen LogP contribution in [0.4, 0.5) is 5.82 Å². The van der Waals surface area contributed by atoms with Crippen molar-refractivity contribution in [2.45, 2.75) is 25.7 Å². The number of carbonyl (C=O) groups is 2. The number of aromatic nitrogens is 1. The zero-order valence-electron chi connectivity index (χ0n) is 11.9. The topological polar surface area (TPSA) is 64.3 Å². The van der Waals surface area contributed by atoms with Crippen LogP contribution in [-0.4, -0.2) is 11.8 Å². The minimum atomic E-state index is -0.333. The number of amides is 2. The highest BCUT2D eigenvalue weighted by Gasteiger charge is 2.47. The fourth-order valence-corrected chi connectivity index (χ4v) is 3.33. The van der Waals surface area contributed by atoms with E-state index in [0.29, 0.717) is 34.1 Å². The number of hydrogen-bond donors (Lipinski definition) is 0. The second kappa shape index (κ2) is 4.66. The van der Waals surface area contributed by atoms with Gasteiger partial charge in [-0.25, -0.2) is 14.3 Å². The molecule has 0 fully saturated rings. The SMILES string of the molecule is O=C1C2=C(CCCC2)C(=O)N1c1c2ccccc2cc[n+]1[O-]. The molecular weight excluding hydrogens is 280 g/mol. The highest BCUT2D eigenvalue weighted by Crippen LogP contribution is 2.36. The maximum atomic E-state index is 12.6. The molecule has 0 radical (unpaired) electrons. The summed E-state index contributed by atoms with van der Waals surface area (Å²) in [6.07, 6.45) is 4.42. The smallest absolute Gasteiger partial charge is 0.345 e. The van der Waals surface area contributed by atoms with Crippen molar-refractivity contribution in [3.8, 4) is 0 Å². The molecule has 0 saturated carbocycles. The van der Waals surface area contributed by atoms with E-state index in [1.807, 2.05) is 12.1 Å². The molecular formula is C17H14N2O3. The first-order valence-corrected chi connectivity index (χ1v) is 7.40. The van der Waals surface area contributed by atoms with Gasteiger partial charge in [0.1, 0.15) is 0 Å². The third-order valence-corrected chi connectivity index (χ3v) is 4.40. The van der Waals surface area contributed by atoms with Crippen molar-refractivity contribution >= 4 is 28.4 Å². The first-order valence-electron chi connectivity index (χ1n) is 7.40. The molecule has 2 heterocycles. The van der Waals surface area contributed by atoms with Gasteiger partial charge in [-0.3, -0.25) is 0 Å². The van der Waals surface area contributed by atoms with Crippen LogP contribution in [0.2, 0.25) is 0 Å². The van der Waals surface area contributed by atoms with Crippen LogP contribution in [0.1, 0.15) is 25.7 Å². The second-order valence-corrected chi connectivity index (χ2v) is 5.66. The lowest BCUT2D eigenvalue weighted by atomic mass is 9.93. The molecule has 110 valence electrons. The van der Waals surface area contributed by atoms with Crippen molar-refractivity contribution < 1.29 is 14.3 Å². The van der Waals surface area contributed by atoms with Gasteiger partial charge in [0.15, 0.2) is 0 Å². The summed E-state index contributed by atoms with van der Waals surface area (Å²) in [6, 6.07) is 8.96. The van der Waals surface area contributed by atoms with E-state index in [4.69, 9.17) is 0 Å². The van der Waals surface area contributed by atoms with Crippen molar-refractivity contribution in [2.24, 2.45) is 0 Å². The van der Waals surface area contributed by atoms with Crippen LogP contribution in [-0.2, 0) is 9.59 Å². The highest BCUT2D eigenvalue weighted by atomic mass is 16.5. The lowest BCUT2D eigenvalue weighted by Crippen LogP contribution is -2.42. The van der Waals surface area contributed by atoms with Crippen molar-refractivity contribution in [1.82, 2.24) is 0 Å². The Kier molecular flexibility index (Phi) is 2.76. The van der Waals surface area contributed by atoms with E-state index in [1.165, 1.54) is 6.20 Å². The molecule has 0 atom stereocenters. The van der Waals surface area contributed by atoms with E-state index >= 15 is 0 Å². The lowest BCUT2D eigenvalue weighted by molar-refractivity contribution is -0.590. The number of anilines is 1. The monoisotopic (exact) mass is 294 g/mol. The van der Waals surface area contributed by atoms with Gasteiger partial charge in [0.25, 0.3) is 0 Å². The molecule has 0 bridgehead atoms. The molecule has 5 heteroatoms. The van der Waals surface area contributed by atoms with Crippen molar-refractivity contribution in [3.05, 3.63) is 52.9 Å². The molecule has 0 spiro atoms. The van der Waals surface area contributed by atoms with Crippen LogP contribution >= 0.6 is 0 Å². The number of benzene rings is 1. The third-order valence-electron chi connectivity index (χ3n) is 4.40. The van der Waals surface area contributed by atoms with Crippen LogP contribution in [0.5, 0.6) is 0 Å². The molecule has 5 nitrogen and oxygen atoms in total. The quantitative estimate of drug-likeness (QED) is 0.460. The Hall–Kier alpha value is -2.69. The first kappa shape index (κ1) is 13.0. The van der Waals surface area contributed by atoms with E-state index in [1.54, 1.807) is 18.2 Å². The van der Waals surface area contributed by atoms with Gasteiger partial charge in [-0.2, -0.15) is 0 Å². The molecule has 0 saturated heterocycles. The van der Waals surface area contributed by atoms with E-state index in [-0.39, 0.29) is 17.6 Å². The summed E-state index contributed by atoms with van der Waals surface area (Å²) < 4.78 is 0.608. The van der Waals surface area contributed by atoms with Gasteiger partial charge < -0.3 is 5.21 Å². The predicted molar refractivity (Wildman–Crippen MR) is 80.9 cm³/mol. The van der Waals surface area contributed by atoms with Crippen LogP contribution in [0.3, 0.4) is 0 Å². The molecule has 0 unspecified atom stereocenters. The van der Waals surface area contributed by atoms with Gasteiger partial charge in [-0.05, 0) is 43.2 Å². The molecule has 22 heavy (non-hydrogen) atoms. The minimum Gasteiger partial charge on any atom is -0.711 e. The average Bonchev–Trinajstić information content (AvgIpc) is 2.80. The zero-order chi connectivity index (χ0) is 15.3. The van der Waals surface area contributed by atoms with Crippen LogP contribution in [0.25, 0.3) is 10.8 Å². The summed E-state index contributed by atoms with van der Waals surface area (Å²) in [5.74, 6) is -0.552. The molecule has 1 aliphatic carbocycles. The summed E-state index contributed by atoms with van der Waals surface area (Å²) in [6.45, 7) is 0. The fourth-order valence-electron chi connectivity index (χ4n) is 3.33. The molecule has 1 aliphatic heterocycles. The Morgan fingerprint density at radius 2 is 1.59 bits per heavy atom. The summed E-state index contributed by atoms with van der Waals surface area (Å²) >= 11 is 0. The summed E-state index contributed by atoms with van der Waals surface area (Å²) in [5, 5.41) is 13.7. The van der Waals surface area contributed by atoms with Gasteiger partial charge in [0.2, 0.25) is 0 Å². The first-order chi connectivity index (χ1) is 10.7. The Morgan fingerprint density at radius 1 is 0.955 bits per heavy atom. The van der Waals surface area contributed by atoms with Gasteiger partial charge in [0, 0.05) is 0 Å². The Bertz CT molecular complexity index is 826. The predicted octanol–water partition coefficient (Wildman–Crippen LogP) is 2.22. The van der Waals surface area contributed by atoms with E-state index in [9.17, 15) is 14.8 Å². The Labute approximate surface area is 127 Å². The number of carbonyl (C=O) groups excluding carboxylic acids is 2. The van der Waals surface area contributed by atoms with E-state index in [0.717, 1.165) is 23.1 Å². The zero-order valence-corrected chi connectivity index (χ0v) is 11.9. The van der Waals surface area contributed by atoms with E-state index < -0.39 is 0 Å². The van der Waals surface area contributed by atoms with Gasteiger partial charge in [-0.1, -0.05) is 18.2 Å². The van der Waals surface area contributed by atoms with Gasteiger partial charge >= 0.3 is 17.6 Å². The highest BCUT2D eigenvalue weighted by molar-refractivity contribution is 6.33. The maximum absolute atomic E-state index is 12.6. The largest absolute Gasteiger partial charge is 0.711 e. The minimum absolute atomic E-state index is 0.113. The number of pyridine rings is 1. The van der Waals surface area contributed by atoms with Crippen molar-refractivity contribution in [2.75, 3.05) is 4.90 Å². The number of hydrogen-bond acceptors (Lipinski definition) is 3. The second-order valence-electron chi connectivity index (χ2n) is 5.66. The molecule has 1 aromatic carbocycles. The maximum Gasteiger partial charge on any atom is 0.345 e. The van der Waals surface area contributed by atoms with Crippen molar-refractivity contribution in [1.29, 1.82) is 0 Å². The Balaban J connectivity index is 1.92. The third kappa shape index (κ3) is 1.68. The number of rotatable bonds is 1. The van der Waals surface area contributed by atoms with Crippen LogP contribution in [0.15, 0.2) is 47.7 Å². The summed E-state index contributed by atoms with van der Waals surface area (Å²) in [7, 11) is 0. The normalized spacial score (nSPS) is 18.3. The van der Waals surface area contributed by atoms with Gasteiger partial charge in [-0.15, -0.1) is 4.90 Å². The van der Waals surface area contributed by atoms with E-state index in [2.05, 4.69) is 0 Å². The summed E-state index contributed by atoms with van der Waals surface area (Å²) in [5.41, 5.74) is 1.17. The van der Waals surface area contributed by atoms with Crippen molar-refractivity contribution in [3.63, 3.8) is 0 Å². The molecule has 2 aromatic rings. The molecule has 2 amide bonds. The molecule has 2 aliphatic rings. The molecule has 0 N–H and O–H groups in total. The number of fused-ring (bicyclic) bond motifs is 1. The molecule has 4 rings (SSSR count). The van der Waals surface area contributed by atoms with Gasteiger partial charge in [0.05, 0.1) is 22.7 Å². The fraction of sp³-hybridized carbons (Fsp3) is 0.235. The average molecular weight is 294 g/mol. The molecule has 1 aromatic heterocycles. The summed E-state index contributed by atoms with van der Waals surface area (Å²) in [4.78, 5) is 26.3. The standard InChI is InChI=1S/C17H14N2O3/c20-16-13-7-3-4-8-14(13)17(21)19(16)15-12-6-2-1-5-11(12)9-10-18(15)22/h1-2,5-6,9-10H,3-4,7-8H2. The Morgan fingerprint density at radius 3 is 2.27 bits per heavy atom. The number of nitrogens with zero attached hydrogens (tertiary/aromatic N) is 2. The lowest BCUT2D eigenvalue weighted by Gasteiger charge is -2.15. The van der Waals surface area contributed by atoms with Crippen LogP contribution in [0, 0.1) is 5.21 Å². The number of imide groups is 1.